The lowest BCUT2D eigenvalue weighted by Crippen LogP contribution is -2.27. The second-order valence-electron chi connectivity index (χ2n) is 4.61. The van der Waals surface area contributed by atoms with Crippen molar-refractivity contribution in [3.63, 3.8) is 0 Å². The molecule has 2 aromatic carbocycles. The highest BCUT2D eigenvalue weighted by molar-refractivity contribution is 5.86. The molecule has 1 atom stereocenters. The summed E-state index contributed by atoms with van der Waals surface area (Å²) in [6.07, 6.45) is 1.77. The standard InChI is InChI=1S/C17H18N2O2/c1-2-11-18-15-10-6-9-14(12-15)16(17(20)19-21)13-7-4-3-5-8-13/h2-10,12,16,18,21H,1,11H2,(H,19,20). The van der Waals surface area contributed by atoms with Crippen LogP contribution < -0.4 is 10.8 Å². The predicted octanol–water partition coefficient (Wildman–Crippen LogP) is 2.92. The molecule has 0 fully saturated rings. The van der Waals surface area contributed by atoms with Crippen LogP contribution in [0.2, 0.25) is 0 Å². The van der Waals surface area contributed by atoms with E-state index in [1.807, 2.05) is 54.6 Å². The van der Waals surface area contributed by atoms with Crippen molar-refractivity contribution in [1.82, 2.24) is 5.48 Å². The Balaban J connectivity index is 2.37. The van der Waals surface area contributed by atoms with Crippen LogP contribution in [0.4, 0.5) is 5.69 Å². The van der Waals surface area contributed by atoms with Crippen LogP contribution in [0.3, 0.4) is 0 Å². The Bertz CT molecular complexity index is 611. The smallest absolute Gasteiger partial charge is 0.255 e. The van der Waals surface area contributed by atoms with E-state index in [0.29, 0.717) is 6.54 Å². The summed E-state index contributed by atoms with van der Waals surface area (Å²) in [5.41, 5.74) is 4.28. The predicted molar refractivity (Wildman–Crippen MR) is 83.3 cm³/mol. The molecule has 4 nitrogen and oxygen atoms in total. The van der Waals surface area contributed by atoms with Gasteiger partial charge in [-0.15, -0.1) is 6.58 Å². The Labute approximate surface area is 124 Å². The molecule has 0 radical (unpaired) electrons. The lowest BCUT2D eigenvalue weighted by atomic mass is 9.90. The van der Waals surface area contributed by atoms with Gasteiger partial charge in [-0.1, -0.05) is 48.5 Å². The van der Waals surface area contributed by atoms with Crippen molar-refractivity contribution in [3.05, 3.63) is 78.4 Å². The molecule has 0 bridgehead atoms. The Kier molecular flexibility index (Phi) is 5.12. The minimum atomic E-state index is -0.554. The maximum absolute atomic E-state index is 12.0. The molecule has 0 saturated carbocycles. The first-order valence-electron chi connectivity index (χ1n) is 6.70. The van der Waals surface area contributed by atoms with E-state index in [-0.39, 0.29) is 0 Å². The monoisotopic (exact) mass is 282 g/mol. The molecule has 0 heterocycles. The van der Waals surface area contributed by atoms with E-state index in [4.69, 9.17) is 5.21 Å². The van der Waals surface area contributed by atoms with Crippen LogP contribution in [-0.4, -0.2) is 17.7 Å². The molecule has 4 heteroatoms. The van der Waals surface area contributed by atoms with Crippen LogP contribution in [0, 0.1) is 0 Å². The lowest BCUT2D eigenvalue weighted by Gasteiger charge is -2.17. The molecule has 1 unspecified atom stereocenters. The lowest BCUT2D eigenvalue weighted by molar-refractivity contribution is -0.129. The van der Waals surface area contributed by atoms with E-state index in [2.05, 4.69) is 11.9 Å². The summed E-state index contributed by atoms with van der Waals surface area (Å²) in [6.45, 7) is 4.31. The topological polar surface area (TPSA) is 61.4 Å². The van der Waals surface area contributed by atoms with Gasteiger partial charge in [-0.05, 0) is 23.3 Å². The van der Waals surface area contributed by atoms with Gasteiger partial charge < -0.3 is 5.32 Å². The minimum absolute atomic E-state index is 0.456. The van der Waals surface area contributed by atoms with Crippen LogP contribution in [0.15, 0.2) is 67.3 Å². The first-order chi connectivity index (χ1) is 10.3. The van der Waals surface area contributed by atoms with Crippen molar-refractivity contribution in [2.24, 2.45) is 0 Å². The largest absolute Gasteiger partial charge is 0.382 e. The van der Waals surface area contributed by atoms with Crippen molar-refractivity contribution in [3.8, 4) is 0 Å². The van der Waals surface area contributed by atoms with E-state index in [9.17, 15) is 4.79 Å². The zero-order chi connectivity index (χ0) is 15.1. The van der Waals surface area contributed by atoms with Crippen LogP contribution in [0.1, 0.15) is 17.0 Å². The van der Waals surface area contributed by atoms with Gasteiger partial charge in [0.15, 0.2) is 0 Å². The highest BCUT2D eigenvalue weighted by atomic mass is 16.5. The summed E-state index contributed by atoms with van der Waals surface area (Å²) in [4.78, 5) is 12.0. The molecule has 0 aromatic heterocycles. The van der Waals surface area contributed by atoms with Gasteiger partial charge in [0.1, 0.15) is 0 Å². The highest BCUT2D eigenvalue weighted by Crippen LogP contribution is 2.26. The summed E-state index contributed by atoms with van der Waals surface area (Å²) in [7, 11) is 0. The molecule has 3 N–H and O–H groups in total. The number of hydrogen-bond donors (Lipinski definition) is 3. The Hall–Kier alpha value is -2.59. The van der Waals surface area contributed by atoms with Gasteiger partial charge in [0, 0.05) is 12.2 Å². The number of hydroxylamine groups is 1. The summed E-state index contributed by atoms with van der Waals surface area (Å²) < 4.78 is 0. The van der Waals surface area contributed by atoms with Crippen molar-refractivity contribution >= 4 is 11.6 Å². The average molecular weight is 282 g/mol. The van der Waals surface area contributed by atoms with E-state index in [1.54, 1.807) is 11.6 Å². The van der Waals surface area contributed by atoms with Gasteiger partial charge in [0.25, 0.3) is 5.91 Å². The Morgan fingerprint density at radius 2 is 1.86 bits per heavy atom. The van der Waals surface area contributed by atoms with Crippen molar-refractivity contribution in [2.75, 3.05) is 11.9 Å². The summed E-state index contributed by atoms with van der Waals surface area (Å²) in [5.74, 6) is -1.01. The van der Waals surface area contributed by atoms with Gasteiger partial charge >= 0.3 is 0 Å². The summed E-state index contributed by atoms with van der Waals surface area (Å²) in [5, 5.41) is 12.2. The minimum Gasteiger partial charge on any atom is -0.382 e. The first kappa shape index (κ1) is 14.8. The highest BCUT2D eigenvalue weighted by Gasteiger charge is 2.22. The fraction of sp³-hybridized carbons (Fsp3) is 0.118. The fourth-order valence-corrected chi connectivity index (χ4v) is 2.22. The van der Waals surface area contributed by atoms with Crippen LogP contribution >= 0.6 is 0 Å². The van der Waals surface area contributed by atoms with Gasteiger partial charge in [-0.25, -0.2) is 5.48 Å². The zero-order valence-corrected chi connectivity index (χ0v) is 11.6. The second-order valence-corrected chi connectivity index (χ2v) is 4.61. The van der Waals surface area contributed by atoms with Crippen LogP contribution in [-0.2, 0) is 4.79 Å². The molecular formula is C17H18N2O2. The molecule has 108 valence electrons. The number of amides is 1. The molecule has 21 heavy (non-hydrogen) atoms. The summed E-state index contributed by atoms with van der Waals surface area (Å²) in [6, 6.07) is 16.9. The number of hydrogen-bond acceptors (Lipinski definition) is 3. The molecular weight excluding hydrogens is 264 g/mol. The molecule has 0 aliphatic rings. The number of rotatable bonds is 6. The zero-order valence-electron chi connectivity index (χ0n) is 11.6. The third-order valence-electron chi connectivity index (χ3n) is 3.18. The summed E-state index contributed by atoms with van der Waals surface area (Å²) >= 11 is 0. The van der Waals surface area contributed by atoms with Crippen molar-refractivity contribution in [1.29, 1.82) is 0 Å². The molecule has 1 amide bonds. The number of anilines is 1. The maximum Gasteiger partial charge on any atom is 0.255 e. The fourth-order valence-electron chi connectivity index (χ4n) is 2.22. The molecule has 2 aromatic rings. The van der Waals surface area contributed by atoms with Gasteiger partial charge in [0.2, 0.25) is 0 Å². The van der Waals surface area contributed by atoms with Gasteiger partial charge in [-0.3, -0.25) is 10.0 Å². The van der Waals surface area contributed by atoms with Crippen molar-refractivity contribution in [2.45, 2.75) is 5.92 Å². The van der Waals surface area contributed by atoms with Crippen LogP contribution in [0.25, 0.3) is 0 Å². The molecule has 0 aliphatic heterocycles. The number of carbonyl (C=O) groups excluding carboxylic acids is 1. The van der Waals surface area contributed by atoms with E-state index in [1.165, 1.54) is 0 Å². The average Bonchev–Trinajstić information content (AvgIpc) is 2.54. The van der Waals surface area contributed by atoms with E-state index < -0.39 is 11.8 Å². The second kappa shape index (κ2) is 7.26. The van der Waals surface area contributed by atoms with Gasteiger partial charge in [0.05, 0.1) is 5.92 Å². The Morgan fingerprint density at radius 1 is 1.14 bits per heavy atom. The number of nitrogens with one attached hydrogen (secondary N) is 2. The SMILES string of the molecule is C=CCNc1cccc(C(C(=O)NO)c2ccccc2)c1. The number of carbonyl (C=O) groups is 1. The van der Waals surface area contributed by atoms with E-state index >= 15 is 0 Å². The quantitative estimate of drug-likeness (QED) is 0.434. The molecule has 2 rings (SSSR count). The maximum atomic E-state index is 12.0. The van der Waals surface area contributed by atoms with E-state index in [0.717, 1.165) is 16.8 Å². The molecule has 0 saturated heterocycles. The molecule has 0 aliphatic carbocycles. The van der Waals surface area contributed by atoms with Gasteiger partial charge in [-0.2, -0.15) is 0 Å². The third-order valence-corrected chi connectivity index (χ3v) is 3.18. The Morgan fingerprint density at radius 3 is 2.52 bits per heavy atom. The number of benzene rings is 2. The third kappa shape index (κ3) is 3.70. The first-order valence-corrected chi connectivity index (χ1v) is 6.70. The normalized spacial score (nSPS) is 11.5. The molecule has 0 spiro atoms. The van der Waals surface area contributed by atoms with Crippen LogP contribution in [0.5, 0.6) is 0 Å². The van der Waals surface area contributed by atoms with Crippen molar-refractivity contribution < 1.29 is 10.0 Å².